The van der Waals surface area contributed by atoms with Crippen molar-refractivity contribution in [2.75, 3.05) is 32.7 Å². The Morgan fingerprint density at radius 3 is 0.667 bits per heavy atom. The maximum absolute atomic E-state index is 9.47. The molecule has 5 unspecified atom stereocenters. The fraction of sp³-hybridized carbons (Fsp3) is 0.857. The fourth-order valence-corrected chi connectivity index (χ4v) is 3.39. The Morgan fingerprint density at radius 2 is 0.644 bits per heavy atom. The highest BCUT2D eigenvalue weighted by molar-refractivity contribution is 4.81. The van der Waals surface area contributed by atoms with Crippen LogP contribution in [0.4, 0.5) is 0 Å². The van der Waals surface area contributed by atoms with Crippen molar-refractivity contribution >= 4 is 0 Å². The second kappa shape index (κ2) is 26.5. The maximum atomic E-state index is 9.47. The summed E-state index contributed by atoms with van der Waals surface area (Å²) >= 11 is 0. The van der Waals surface area contributed by atoms with E-state index in [1.807, 2.05) is 0 Å². The standard InChI is InChI=1S/2C7H18N2O.C7H16NO.2C7H14O/c2*1-7(2,10)6(5-9)3-4-8;1-4-6(5-8)7(2,3)9;2*1-5-6(2)7(3,4)8/h2*6,10H,3-5,8-9H2,1-2H3;6,9H,1,4-5,8H2,2-3H3;2*6,8H,1-2,5H2,3-4H3. The molecular formula is C35H80N5O5. The molecule has 275 valence electrons. The first kappa shape index (κ1) is 54.1. The smallest absolute Gasteiger partial charge is 0.0632 e. The van der Waals surface area contributed by atoms with E-state index in [9.17, 15) is 25.5 Å². The molecule has 10 nitrogen and oxygen atoms in total. The molecule has 0 aromatic rings. The van der Waals surface area contributed by atoms with E-state index in [1.54, 1.807) is 69.2 Å². The van der Waals surface area contributed by atoms with E-state index in [-0.39, 0.29) is 29.6 Å². The van der Waals surface area contributed by atoms with E-state index in [2.05, 4.69) is 34.6 Å². The summed E-state index contributed by atoms with van der Waals surface area (Å²) in [6, 6.07) is 0. The number of hydrogen-bond donors (Lipinski definition) is 10. The zero-order chi connectivity index (χ0) is 37.5. The minimum Gasteiger partial charge on any atom is -0.390 e. The predicted molar refractivity (Wildman–Crippen MR) is 194 cm³/mol. The van der Waals surface area contributed by atoms with Gasteiger partial charge in [-0.15, -0.1) is 0 Å². The molecule has 0 fully saturated rings. The Kier molecular flexibility index (Phi) is 31.9. The van der Waals surface area contributed by atoms with Crippen molar-refractivity contribution in [2.45, 2.75) is 129 Å². The molecule has 0 aromatic heterocycles. The van der Waals surface area contributed by atoms with E-state index in [4.69, 9.17) is 28.7 Å². The highest BCUT2D eigenvalue weighted by Gasteiger charge is 2.25. The van der Waals surface area contributed by atoms with Crippen LogP contribution in [0.1, 0.15) is 101 Å². The van der Waals surface area contributed by atoms with Gasteiger partial charge in [-0.05, 0) is 166 Å². The van der Waals surface area contributed by atoms with Crippen LogP contribution in [0.5, 0.6) is 0 Å². The first-order valence-corrected chi connectivity index (χ1v) is 16.2. The zero-order valence-electron chi connectivity index (χ0n) is 31.1. The first-order valence-electron chi connectivity index (χ1n) is 16.2. The van der Waals surface area contributed by atoms with E-state index < -0.39 is 28.0 Å². The van der Waals surface area contributed by atoms with Gasteiger partial charge >= 0.3 is 0 Å². The molecule has 45 heavy (non-hydrogen) atoms. The van der Waals surface area contributed by atoms with Crippen molar-refractivity contribution in [1.29, 1.82) is 0 Å². The quantitative estimate of drug-likeness (QED) is 0.124. The maximum Gasteiger partial charge on any atom is 0.0632 e. The van der Waals surface area contributed by atoms with Crippen molar-refractivity contribution in [2.24, 2.45) is 58.3 Å². The van der Waals surface area contributed by atoms with Crippen LogP contribution in [-0.2, 0) is 0 Å². The van der Waals surface area contributed by atoms with Gasteiger partial charge in [-0.3, -0.25) is 0 Å². The van der Waals surface area contributed by atoms with Gasteiger partial charge in [0.2, 0.25) is 0 Å². The molecule has 10 heteroatoms. The van der Waals surface area contributed by atoms with Crippen LogP contribution in [0.3, 0.4) is 0 Å². The Labute approximate surface area is 280 Å². The summed E-state index contributed by atoms with van der Waals surface area (Å²) in [7, 11) is 0. The molecule has 0 spiro atoms. The van der Waals surface area contributed by atoms with E-state index in [1.165, 1.54) is 0 Å². The molecule has 0 saturated heterocycles. The van der Waals surface area contributed by atoms with E-state index in [0.29, 0.717) is 52.0 Å². The van der Waals surface area contributed by atoms with Crippen molar-refractivity contribution in [1.82, 2.24) is 0 Å². The Morgan fingerprint density at radius 1 is 0.422 bits per heavy atom. The van der Waals surface area contributed by atoms with Crippen molar-refractivity contribution in [3.8, 4) is 0 Å². The number of nitrogens with two attached hydrogens (primary N) is 5. The van der Waals surface area contributed by atoms with Gasteiger partial charge in [0.15, 0.2) is 0 Å². The summed E-state index contributed by atoms with van der Waals surface area (Å²) in [5, 5.41) is 46.7. The Hall–Kier alpha value is -0.400. The second-order valence-electron chi connectivity index (χ2n) is 14.5. The monoisotopic (exact) mass is 651 g/mol. The van der Waals surface area contributed by atoms with Crippen LogP contribution < -0.4 is 28.7 Å². The van der Waals surface area contributed by atoms with E-state index >= 15 is 0 Å². The van der Waals surface area contributed by atoms with Crippen LogP contribution in [-0.4, -0.2) is 86.3 Å². The fourth-order valence-electron chi connectivity index (χ4n) is 3.39. The van der Waals surface area contributed by atoms with Gasteiger partial charge in [-0.2, -0.15) is 0 Å². The van der Waals surface area contributed by atoms with Crippen LogP contribution in [0, 0.1) is 64.2 Å². The van der Waals surface area contributed by atoms with Crippen LogP contribution >= 0.6 is 0 Å². The number of hydrogen-bond acceptors (Lipinski definition) is 10. The highest BCUT2D eigenvalue weighted by atomic mass is 16.3. The Balaban J connectivity index is -0.000000149. The van der Waals surface area contributed by atoms with Crippen molar-refractivity contribution in [3.63, 3.8) is 0 Å². The normalized spacial score (nSPS) is 15.7. The molecule has 0 bridgehead atoms. The predicted octanol–water partition coefficient (Wildman–Crippen LogP) is 2.78. The van der Waals surface area contributed by atoms with Gasteiger partial charge in [0.1, 0.15) is 0 Å². The van der Waals surface area contributed by atoms with Gasteiger partial charge in [0.25, 0.3) is 0 Å². The first-order chi connectivity index (χ1) is 20.0. The van der Waals surface area contributed by atoms with Crippen molar-refractivity contribution in [3.05, 3.63) is 34.6 Å². The largest absolute Gasteiger partial charge is 0.390 e. The lowest BCUT2D eigenvalue weighted by Gasteiger charge is -2.27. The third kappa shape index (κ3) is 33.3. The molecule has 0 amide bonds. The van der Waals surface area contributed by atoms with Crippen molar-refractivity contribution < 1.29 is 25.5 Å². The summed E-state index contributed by atoms with van der Waals surface area (Å²) in [6.07, 6.45) is 3.65. The van der Waals surface area contributed by atoms with Gasteiger partial charge in [-0.1, -0.05) is 20.8 Å². The summed E-state index contributed by atoms with van der Waals surface area (Å²) in [5.41, 5.74) is 23.5. The number of rotatable bonds is 15. The molecule has 0 aliphatic carbocycles. The lowest BCUT2D eigenvalue weighted by atomic mass is 9.88. The second-order valence-corrected chi connectivity index (χ2v) is 14.5. The molecule has 0 saturated carbocycles. The third-order valence-corrected chi connectivity index (χ3v) is 7.92. The topological polar surface area (TPSA) is 231 Å². The van der Waals surface area contributed by atoms with Gasteiger partial charge in [0.05, 0.1) is 28.0 Å². The lowest BCUT2D eigenvalue weighted by Crippen LogP contribution is -2.37. The molecular weight excluding hydrogens is 570 g/mol. The van der Waals surface area contributed by atoms with Crippen LogP contribution in [0.2, 0.25) is 0 Å². The average molecular weight is 651 g/mol. The van der Waals surface area contributed by atoms with E-state index in [0.717, 1.165) is 12.8 Å². The highest BCUT2D eigenvalue weighted by Crippen LogP contribution is 2.20. The molecule has 0 aliphatic heterocycles. The average Bonchev–Trinajstić information content (AvgIpc) is 2.88. The molecule has 5 atom stereocenters. The molecule has 0 aromatic carbocycles. The Bertz CT molecular complexity index is 585. The molecule has 0 heterocycles. The molecule has 5 radical (unpaired) electrons. The van der Waals surface area contributed by atoms with Crippen LogP contribution in [0.15, 0.2) is 0 Å². The summed E-state index contributed by atoms with van der Waals surface area (Å²) in [4.78, 5) is 0. The molecule has 0 aliphatic rings. The van der Waals surface area contributed by atoms with Gasteiger partial charge in [-0.25, -0.2) is 0 Å². The SMILES string of the molecule is CC(C)(O)C(CN)CCN.CC(C)(O)C(CN)CCN.[CH2]CC(CN)C(C)(C)O.[CH2]CC([CH2])C(C)(C)O.[CH2]CC([CH2])C(C)(C)O. The van der Waals surface area contributed by atoms with Gasteiger partial charge in [0, 0.05) is 11.8 Å². The summed E-state index contributed by atoms with van der Waals surface area (Å²) in [6.45, 7) is 38.6. The lowest BCUT2D eigenvalue weighted by molar-refractivity contribution is 0.0177. The van der Waals surface area contributed by atoms with Gasteiger partial charge < -0.3 is 54.2 Å². The molecule has 0 rings (SSSR count). The summed E-state index contributed by atoms with van der Waals surface area (Å²) in [5.74, 6) is 0.456. The van der Waals surface area contributed by atoms with Crippen LogP contribution in [0.25, 0.3) is 0 Å². The third-order valence-electron chi connectivity index (χ3n) is 7.92. The molecule has 15 N–H and O–H groups in total. The number of aliphatic hydroxyl groups is 5. The summed E-state index contributed by atoms with van der Waals surface area (Å²) < 4.78 is 0. The minimum absolute atomic E-state index is 0.0440. The zero-order valence-corrected chi connectivity index (χ0v) is 31.1. The minimum atomic E-state index is -0.686.